The third kappa shape index (κ3) is 6.31. The minimum Gasteiger partial charge on any atom is -0.493 e. The third-order valence-electron chi connectivity index (χ3n) is 3.87. The van der Waals surface area contributed by atoms with E-state index in [-0.39, 0.29) is 13.0 Å². The van der Waals surface area contributed by atoms with Crippen LogP contribution in [0.25, 0.3) is 0 Å². The van der Waals surface area contributed by atoms with E-state index < -0.39 is 17.9 Å². The van der Waals surface area contributed by atoms with Crippen LogP contribution < -0.4 is 14.8 Å². The van der Waals surface area contributed by atoms with E-state index in [9.17, 15) is 14.7 Å². The summed E-state index contributed by atoms with van der Waals surface area (Å²) >= 11 is 0. The first-order valence-corrected chi connectivity index (χ1v) is 8.38. The second-order valence-corrected chi connectivity index (χ2v) is 5.81. The minimum absolute atomic E-state index is 0.168. The van der Waals surface area contributed by atoms with Crippen LogP contribution in [0.1, 0.15) is 23.6 Å². The molecule has 2 N–H and O–H groups in total. The molecule has 144 valence electrons. The second kappa shape index (κ2) is 10.2. The van der Waals surface area contributed by atoms with Crippen LogP contribution in [0.3, 0.4) is 0 Å². The van der Waals surface area contributed by atoms with E-state index >= 15 is 0 Å². The number of hydrogen-bond donors (Lipinski definition) is 2. The van der Waals surface area contributed by atoms with Gasteiger partial charge in [-0.25, -0.2) is 0 Å². The van der Waals surface area contributed by atoms with Crippen LogP contribution >= 0.6 is 0 Å². The number of carboxylic acids is 1. The van der Waals surface area contributed by atoms with Gasteiger partial charge in [-0.05, 0) is 23.3 Å². The summed E-state index contributed by atoms with van der Waals surface area (Å²) in [5.41, 5.74) is 1.55. The molecule has 0 spiro atoms. The van der Waals surface area contributed by atoms with Crippen molar-refractivity contribution in [3.8, 4) is 11.5 Å². The number of carbonyl (C=O) groups is 2. The minimum atomic E-state index is -1.03. The van der Waals surface area contributed by atoms with Crippen LogP contribution in [-0.2, 0) is 20.9 Å². The van der Waals surface area contributed by atoms with Gasteiger partial charge in [-0.15, -0.1) is 0 Å². The van der Waals surface area contributed by atoms with Gasteiger partial charge in [0, 0.05) is 0 Å². The lowest BCUT2D eigenvalue weighted by molar-refractivity contribution is -0.138. The highest BCUT2D eigenvalue weighted by atomic mass is 16.5. The average Bonchev–Trinajstić information content (AvgIpc) is 2.67. The quantitative estimate of drug-likeness (QED) is 0.665. The van der Waals surface area contributed by atoms with Gasteiger partial charge < -0.3 is 24.6 Å². The summed E-state index contributed by atoms with van der Waals surface area (Å²) in [7, 11) is 3.00. The molecule has 0 heterocycles. The lowest BCUT2D eigenvalue weighted by atomic mass is 10.0. The van der Waals surface area contributed by atoms with E-state index in [0.29, 0.717) is 23.7 Å². The zero-order valence-electron chi connectivity index (χ0n) is 15.3. The maximum Gasteiger partial charge on any atom is 0.305 e. The summed E-state index contributed by atoms with van der Waals surface area (Å²) in [4.78, 5) is 23.4. The number of ether oxygens (including phenoxy) is 3. The molecule has 0 fully saturated rings. The zero-order chi connectivity index (χ0) is 19.6. The predicted octanol–water partition coefficient (Wildman–Crippen LogP) is 2.55. The lowest BCUT2D eigenvalue weighted by Crippen LogP contribution is -2.33. The van der Waals surface area contributed by atoms with E-state index in [1.165, 1.54) is 14.2 Å². The van der Waals surface area contributed by atoms with E-state index in [1.807, 2.05) is 30.3 Å². The van der Waals surface area contributed by atoms with E-state index in [0.717, 1.165) is 5.56 Å². The molecule has 1 atom stereocenters. The Morgan fingerprint density at radius 3 is 2.37 bits per heavy atom. The number of methoxy groups -OCH3 is 2. The largest absolute Gasteiger partial charge is 0.493 e. The van der Waals surface area contributed by atoms with Crippen molar-refractivity contribution >= 4 is 11.9 Å². The van der Waals surface area contributed by atoms with Crippen molar-refractivity contribution < 1.29 is 28.9 Å². The Kier molecular flexibility index (Phi) is 7.63. The van der Waals surface area contributed by atoms with Crippen molar-refractivity contribution in [1.82, 2.24) is 5.32 Å². The molecule has 0 bridgehead atoms. The summed E-state index contributed by atoms with van der Waals surface area (Å²) in [5, 5.41) is 11.9. The summed E-state index contributed by atoms with van der Waals surface area (Å²) < 4.78 is 15.8. The molecule has 0 radical (unpaired) electrons. The summed E-state index contributed by atoms with van der Waals surface area (Å²) in [6.45, 7) is 0.131. The van der Waals surface area contributed by atoms with Gasteiger partial charge in [-0.1, -0.05) is 36.4 Å². The molecule has 0 aliphatic heterocycles. The van der Waals surface area contributed by atoms with Gasteiger partial charge in [0.05, 0.1) is 33.3 Å². The molecule has 0 aliphatic carbocycles. The molecular weight excluding hydrogens is 350 g/mol. The molecule has 1 unspecified atom stereocenters. The number of carbonyl (C=O) groups excluding carboxylic acids is 1. The van der Waals surface area contributed by atoms with Crippen molar-refractivity contribution in [2.24, 2.45) is 0 Å². The Morgan fingerprint density at radius 1 is 1.04 bits per heavy atom. The first-order chi connectivity index (χ1) is 13.0. The van der Waals surface area contributed by atoms with Crippen molar-refractivity contribution in [2.45, 2.75) is 19.1 Å². The fourth-order valence-electron chi connectivity index (χ4n) is 2.57. The summed E-state index contributed by atoms with van der Waals surface area (Å²) in [6, 6.07) is 13.8. The molecule has 0 aromatic heterocycles. The van der Waals surface area contributed by atoms with Crippen molar-refractivity contribution in [2.75, 3.05) is 20.8 Å². The van der Waals surface area contributed by atoms with Gasteiger partial charge in [0.1, 0.15) is 6.61 Å². The summed E-state index contributed by atoms with van der Waals surface area (Å²) in [6.07, 6.45) is -0.264. The summed E-state index contributed by atoms with van der Waals surface area (Å²) in [5.74, 6) is -0.444. The Morgan fingerprint density at radius 2 is 1.74 bits per heavy atom. The SMILES string of the molecule is COc1ccc(C(CC(=O)O)NC(=O)COCc2ccccc2)cc1OC. The number of carboxylic acid groups (broad SMARTS) is 1. The van der Waals surface area contributed by atoms with Gasteiger partial charge in [0.15, 0.2) is 11.5 Å². The lowest BCUT2D eigenvalue weighted by Gasteiger charge is -2.19. The van der Waals surface area contributed by atoms with Crippen LogP contribution in [0.5, 0.6) is 11.5 Å². The number of aliphatic carboxylic acids is 1. The Bertz CT molecular complexity index is 762. The van der Waals surface area contributed by atoms with Crippen LogP contribution in [0, 0.1) is 0 Å². The molecule has 2 aromatic carbocycles. The van der Waals surface area contributed by atoms with Crippen molar-refractivity contribution in [1.29, 1.82) is 0 Å². The Hall–Kier alpha value is -3.06. The highest BCUT2D eigenvalue weighted by Crippen LogP contribution is 2.30. The molecule has 2 rings (SSSR count). The smallest absolute Gasteiger partial charge is 0.305 e. The molecule has 27 heavy (non-hydrogen) atoms. The standard InChI is InChI=1S/C20H23NO6/c1-25-17-9-8-15(10-18(17)26-2)16(11-20(23)24)21-19(22)13-27-12-14-6-4-3-5-7-14/h3-10,16H,11-13H2,1-2H3,(H,21,22)(H,23,24). The third-order valence-corrected chi connectivity index (χ3v) is 3.87. The average molecular weight is 373 g/mol. The predicted molar refractivity (Wildman–Crippen MR) is 98.8 cm³/mol. The monoisotopic (exact) mass is 373 g/mol. The molecule has 0 saturated carbocycles. The van der Waals surface area contributed by atoms with E-state index in [1.54, 1.807) is 18.2 Å². The van der Waals surface area contributed by atoms with Crippen LogP contribution in [-0.4, -0.2) is 37.8 Å². The topological polar surface area (TPSA) is 94.1 Å². The van der Waals surface area contributed by atoms with Gasteiger partial charge in [-0.3, -0.25) is 9.59 Å². The molecule has 0 aliphatic rings. The van der Waals surface area contributed by atoms with Crippen LogP contribution in [0.15, 0.2) is 48.5 Å². The first kappa shape index (κ1) is 20.3. The van der Waals surface area contributed by atoms with Gasteiger partial charge in [0.2, 0.25) is 5.91 Å². The highest BCUT2D eigenvalue weighted by Gasteiger charge is 2.20. The number of benzene rings is 2. The first-order valence-electron chi connectivity index (χ1n) is 8.38. The molecule has 7 heteroatoms. The van der Waals surface area contributed by atoms with Crippen molar-refractivity contribution in [3.63, 3.8) is 0 Å². The van der Waals surface area contributed by atoms with Crippen LogP contribution in [0.4, 0.5) is 0 Å². The zero-order valence-corrected chi connectivity index (χ0v) is 15.3. The highest BCUT2D eigenvalue weighted by molar-refractivity contribution is 5.79. The fourth-order valence-corrected chi connectivity index (χ4v) is 2.57. The second-order valence-electron chi connectivity index (χ2n) is 5.81. The van der Waals surface area contributed by atoms with Gasteiger partial charge in [0.25, 0.3) is 0 Å². The maximum absolute atomic E-state index is 12.2. The normalized spacial score (nSPS) is 11.5. The molecule has 1 amide bonds. The number of amides is 1. The molecular formula is C20H23NO6. The van der Waals surface area contributed by atoms with Crippen LogP contribution in [0.2, 0.25) is 0 Å². The number of hydrogen-bond acceptors (Lipinski definition) is 5. The number of nitrogens with one attached hydrogen (secondary N) is 1. The molecule has 7 nitrogen and oxygen atoms in total. The van der Waals surface area contributed by atoms with E-state index in [4.69, 9.17) is 14.2 Å². The van der Waals surface area contributed by atoms with Gasteiger partial charge >= 0.3 is 5.97 Å². The number of rotatable bonds is 10. The Labute approximate surface area is 157 Å². The van der Waals surface area contributed by atoms with Gasteiger partial charge in [-0.2, -0.15) is 0 Å². The Balaban J connectivity index is 2.01. The van der Waals surface area contributed by atoms with Crippen molar-refractivity contribution in [3.05, 3.63) is 59.7 Å². The molecule has 2 aromatic rings. The fraction of sp³-hybridized carbons (Fsp3) is 0.300. The van der Waals surface area contributed by atoms with E-state index in [2.05, 4.69) is 5.32 Å². The molecule has 0 saturated heterocycles. The maximum atomic E-state index is 12.2.